The lowest BCUT2D eigenvalue weighted by Gasteiger charge is -2.32. The number of hydrogen-bond donors (Lipinski definition) is 0. The molecule has 0 aromatic rings. The van der Waals surface area contributed by atoms with Gasteiger partial charge in [0.15, 0.2) is 11.6 Å². The summed E-state index contributed by atoms with van der Waals surface area (Å²) >= 11 is 0. The Morgan fingerprint density at radius 1 is 0.621 bits per heavy atom. The monoisotopic (exact) mass is 414 g/mol. The van der Waals surface area contributed by atoms with Gasteiger partial charge in [-0.2, -0.15) is 0 Å². The molecule has 0 saturated carbocycles. The van der Waals surface area contributed by atoms with Crippen molar-refractivity contribution in [3.05, 3.63) is 0 Å². The highest BCUT2D eigenvalue weighted by atomic mass is 16.8. The molecule has 0 bridgehead atoms. The maximum absolute atomic E-state index is 6.36. The van der Waals surface area contributed by atoms with E-state index in [1.54, 1.807) is 0 Å². The molecular weight excluding hydrogens is 368 g/mol. The van der Waals surface area contributed by atoms with Crippen LogP contribution in [-0.2, 0) is 23.7 Å². The van der Waals surface area contributed by atoms with Crippen molar-refractivity contribution in [3.8, 4) is 0 Å². The number of hydrogen-bond acceptors (Lipinski definition) is 5. The van der Waals surface area contributed by atoms with Crippen molar-refractivity contribution in [3.63, 3.8) is 0 Å². The number of rotatable bonds is 12. The number of ether oxygens (including phenoxy) is 5. The fourth-order valence-corrected chi connectivity index (χ4v) is 4.81. The largest absolute Gasteiger partial charge is 0.376 e. The van der Waals surface area contributed by atoms with Crippen molar-refractivity contribution < 1.29 is 23.7 Å². The van der Waals surface area contributed by atoms with Gasteiger partial charge in [-0.1, -0.05) is 55.4 Å². The Morgan fingerprint density at radius 3 is 1.21 bits per heavy atom. The van der Waals surface area contributed by atoms with Gasteiger partial charge in [-0.15, -0.1) is 0 Å². The summed E-state index contributed by atoms with van der Waals surface area (Å²) in [6.07, 6.45) is 3.68. The summed E-state index contributed by atoms with van der Waals surface area (Å²) in [4.78, 5) is 0. The van der Waals surface area contributed by atoms with Gasteiger partial charge in [0.25, 0.3) is 0 Å². The van der Waals surface area contributed by atoms with Gasteiger partial charge in [-0.05, 0) is 23.7 Å². The summed E-state index contributed by atoms with van der Waals surface area (Å²) in [5.74, 6) is 1.24. The van der Waals surface area contributed by atoms with E-state index in [0.29, 0.717) is 50.1 Å². The lowest BCUT2D eigenvalue weighted by molar-refractivity contribution is -0.199. The van der Waals surface area contributed by atoms with E-state index in [4.69, 9.17) is 23.7 Å². The van der Waals surface area contributed by atoms with Crippen LogP contribution in [0, 0.1) is 23.7 Å². The first-order valence-electron chi connectivity index (χ1n) is 11.7. The van der Waals surface area contributed by atoms with E-state index < -0.39 is 11.6 Å². The third-order valence-electron chi connectivity index (χ3n) is 5.31. The molecule has 0 amide bonds. The van der Waals surface area contributed by atoms with Crippen LogP contribution in [0.3, 0.4) is 0 Å². The molecule has 0 aromatic heterocycles. The summed E-state index contributed by atoms with van der Waals surface area (Å²) < 4.78 is 31.0. The van der Waals surface area contributed by atoms with Crippen LogP contribution in [0.1, 0.15) is 81.1 Å². The lowest BCUT2D eigenvalue weighted by Crippen LogP contribution is -2.36. The molecule has 2 atom stereocenters. The fraction of sp³-hybridized carbons (Fsp3) is 1.00. The van der Waals surface area contributed by atoms with E-state index in [-0.39, 0.29) is 12.2 Å². The zero-order valence-electron chi connectivity index (χ0n) is 20.2. The maximum atomic E-state index is 6.36. The Kier molecular flexibility index (Phi) is 9.42. The minimum absolute atomic E-state index is 0.00842. The molecule has 2 aliphatic rings. The highest BCUT2D eigenvalue weighted by Crippen LogP contribution is 2.37. The first-order chi connectivity index (χ1) is 13.5. The van der Waals surface area contributed by atoms with Crippen LogP contribution in [0.15, 0.2) is 0 Å². The Hall–Kier alpha value is -0.200. The highest BCUT2D eigenvalue weighted by molar-refractivity contribution is 4.83. The van der Waals surface area contributed by atoms with Crippen molar-refractivity contribution in [2.45, 2.75) is 105 Å². The van der Waals surface area contributed by atoms with Crippen molar-refractivity contribution in [2.75, 3.05) is 26.4 Å². The Balaban J connectivity index is 1.80. The molecule has 29 heavy (non-hydrogen) atoms. The second-order valence-corrected chi connectivity index (χ2v) is 10.9. The molecule has 0 radical (unpaired) electrons. The lowest BCUT2D eigenvalue weighted by atomic mass is 9.94. The van der Waals surface area contributed by atoms with E-state index in [0.717, 1.165) is 25.7 Å². The molecule has 2 rings (SSSR count). The van der Waals surface area contributed by atoms with Gasteiger partial charge in [-0.25, -0.2) is 0 Å². The molecule has 5 nitrogen and oxygen atoms in total. The summed E-state index contributed by atoms with van der Waals surface area (Å²) in [5, 5.41) is 0. The Bertz CT molecular complexity index is 412. The predicted molar refractivity (Wildman–Crippen MR) is 116 cm³/mol. The van der Waals surface area contributed by atoms with Gasteiger partial charge in [0.1, 0.15) is 12.2 Å². The van der Waals surface area contributed by atoms with Crippen LogP contribution < -0.4 is 0 Å². The van der Waals surface area contributed by atoms with Crippen molar-refractivity contribution in [1.82, 2.24) is 0 Å². The normalized spacial score (nSPS) is 26.5. The third-order valence-corrected chi connectivity index (χ3v) is 5.31. The van der Waals surface area contributed by atoms with E-state index in [1.165, 1.54) is 0 Å². The third kappa shape index (κ3) is 8.10. The van der Waals surface area contributed by atoms with Gasteiger partial charge in [0, 0.05) is 25.7 Å². The van der Waals surface area contributed by atoms with Gasteiger partial charge < -0.3 is 23.7 Å². The van der Waals surface area contributed by atoms with Crippen LogP contribution in [0.2, 0.25) is 0 Å². The van der Waals surface area contributed by atoms with Crippen LogP contribution in [0.5, 0.6) is 0 Å². The smallest absolute Gasteiger partial charge is 0.169 e. The fourth-order valence-electron chi connectivity index (χ4n) is 4.81. The zero-order valence-corrected chi connectivity index (χ0v) is 20.2. The zero-order chi connectivity index (χ0) is 21.7. The molecule has 2 unspecified atom stereocenters. The van der Waals surface area contributed by atoms with Gasteiger partial charge >= 0.3 is 0 Å². The van der Waals surface area contributed by atoms with Crippen molar-refractivity contribution in [2.24, 2.45) is 23.7 Å². The first-order valence-corrected chi connectivity index (χ1v) is 11.7. The van der Waals surface area contributed by atoms with Gasteiger partial charge in [0.05, 0.1) is 26.4 Å². The molecule has 172 valence electrons. The predicted octanol–water partition coefficient (Wildman–Crippen LogP) is 5.41. The van der Waals surface area contributed by atoms with Crippen molar-refractivity contribution >= 4 is 0 Å². The maximum Gasteiger partial charge on any atom is 0.169 e. The van der Waals surface area contributed by atoms with Crippen LogP contribution >= 0.6 is 0 Å². The van der Waals surface area contributed by atoms with Gasteiger partial charge in [-0.3, -0.25) is 0 Å². The Morgan fingerprint density at radius 2 is 0.931 bits per heavy atom. The minimum atomic E-state index is -0.451. The van der Waals surface area contributed by atoms with E-state index in [2.05, 4.69) is 55.4 Å². The molecule has 0 aliphatic carbocycles. The standard InChI is InChI=1S/C24H46O5/c1-17(2)9-23(10-18(3)4)26-15-21(28-23)13-25-14-22-16-27-24(29-22,11-19(5)6)12-20(7)8/h17-22H,9-16H2,1-8H3. The molecule has 2 saturated heterocycles. The second-order valence-electron chi connectivity index (χ2n) is 10.9. The van der Waals surface area contributed by atoms with Crippen LogP contribution in [-0.4, -0.2) is 50.2 Å². The minimum Gasteiger partial charge on any atom is -0.376 e. The van der Waals surface area contributed by atoms with E-state index in [1.807, 2.05) is 0 Å². The van der Waals surface area contributed by atoms with Crippen LogP contribution in [0.25, 0.3) is 0 Å². The van der Waals surface area contributed by atoms with Gasteiger partial charge in [0.2, 0.25) is 0 Å². The average Bonchev–Trinajstić information content (AvgIpc) is 3.09. The molecule has 2 fully saturated rings. The molecule has 0 spiro atoms. The molecule has 2 heterocycles. The first kappa shape index (κ1) is 25.1. The molecule has 0 aromatic carbocycles. The molecule has 5 heteroatoms. The van der Waals surface area contributed by atoms with E-state index >= 15 is 0 Å². The summed E-state index contributed by atoms with van der Waals surface area (Å²) in [5.41, 5.74) is 0. The quantitative estimate of drug-likeness (QED) is 0.427. The average molecular weight is 415 g/mol. The molecule has 2 aliphatic heterocycles. The summed E-state index contributed by atoms with van der Waals surface area (Å²) in [7, 11) is 0. The van der Waals surface area contributed by atoms with E-state index in [9.17, 15) is 0 Å². The SMILES string of the molecule is CC(C)CC1(CC(C)C)OCC(COCC2COC(CC(C)C)(CC(C)C)O2)O1. The van der Waals surface area contributed by atoms with Crippen molar-refractivity contribution in [1.29, 1.82) is 0 Å². The second kappa shape index (κ2) is 10.9. The Labute approximate surface area is 179 Å². The van der Waals surface area contributed by atoms with Crippen LogP contribution in [0.4, 0.5) is 0 Å². The summed E-state index contributed by atoms with van der Waals surface area (Å²) in [6, 6.07) is 0. The summed E-state index contributed by atoms with van der Waals surface area (Å²) in [6.45, 7) is 20.0. The molecular formula is C24H46O5. The topological polar surface area (TPSA) is 46.2 Å². The molecule has 0 N–H and O–H groups in total. The highest BCUT2D eigenvalue weighted by Gasteiger charge is 2.44.